The van der Waals surface area contributed by atoms with Gasteiger partial charge in [0.25, 0.3) is 5.91 Å². The number of nitrogens with zero attached hydrogens (tertiary/aromatic N) is 5. The van der Waals surface area contributed by atoms with Gasteiger partial charge in [0.2, 0.25) is 0 Å². The van der Waals surface area contributed by atoms with Crippen molar-refractivity contribution in [3.05, 3.63) is 101 Å². The predicted molar refractivity (Wildman–Crippen MR) is 112 cm³/mol. The number of amides is 1. The summed E-state index contributed by atoms with van der Waals surface area (Å²) in [6, 6.07) is 14.7. The lowest BCUT2D eigenvalue weighted by molar-refractivity contribution is 0.102. The molecule has 1 amide bonds. The Hall–Kier alpha value is -4.40. The van der Waals surface area contributed by atoms with E-state index in [1.807, 2.05) is 12.1 Å². The summed E-state index contributed by atoms with van der Waals surface area (Å²) >= 11 is 0. The molecule has 0 saturated heterocycles. The maximum absolute atomic E-state index is 13.9. The largest absolute Gasteiger partial charge is 0.350 e. The highest BCUT2D eigenvalue weighted by Gasteiger charge is 2.15. The number of anilines is 1. The highest BCUT2D eigenvalue weighted by atomic mass is 19.1. The molecule has 9 heteroatoms. The molecule has 2 aromatic carbocycles. The zero-order chi connectivity index (χ0) is 21.4. The molecular weight excluding hydrogens is 399 g/mol. The highest BCUT2D eigenvalue weighted by Crippen LogP contribution is 2.19. The predicted octanol–water partition coefficient (Wildman–Crippen LogP) is 2.88. The van der Waals surface area contributed by atoms with Gasteiger partial charge in [-0.15, -0.1) is 5.10 Å². The molecule has 31 heavy (non-hydrogen) atoms. The normalized spacial score (nSPS) is 11.1. The average molecular weight is 414 g/mol. The van der Waals surface area contributed by atoms with Crippen LogP contribution in [0.25, 0.3) is 16.7 Å². The maximum atomic E-state index is 13.9. The van der Waals surface area contributed by atoms with E-state index in [4.69, 9.17) is 0 Å². The summed E-state index contributed by atoms with van der Waals surface area (Å²) < 4.78 is 16.8. The highest BCUT2D eigenvalue weighted by molar-refractivity contribution is 6.11. The fraction of sp³-hybridized carbons (Fsp3) is 0.0455. The molecule has 0 saturated carbocycles. The molecule has 8 nitrogen and oxygen atoms in total. The van der Waals surface area contributed by atoms with Crippen LogP contribution in [0.2, 0.25) is 0 Å². The number of carbonyl (C=O) groups is 1. The van der Waals surface area contributed by atoms with E-state index in [0.29, 0.717) is 22.4 Å². The van der Waals surface area contributed by atoms with Crippen LogP contribution < -0.4 is 11.0 Å². The lowest BCUT2D eigenvalue weighted by atomic mass is 10.1. The molecule has 0 spiro atoms. The summed E-state index contributed by atoms with van der Waals surface area (Å²) in [5.41, 5.74) is 2.27. The molecule has 0 atom stereocenters. The minimum atomic E-state index is -0.571. The topological polar surface area (TPSA) is 94.2 Å². The molecular formula is C22H15FN6O2. The number of hydrogen-bond acceptors (Lipinski definition) is 5. The molecule has 0 aliphatic heterocycles. The van der Waals surface area contributed by atoms with Crippen molar-refractivity contribution in [3.8, 4) is 0 Å². The number of rotatable bonds is 4. The van der Waals surface area contributed by atoms with Crippen LogP contribution in [0.1, 0.15) is 15.9 Å². The monoisotopic (exact) mass is 414 g/mol. The number of benzene rings is 2. The van der Waals surface area contributed by atoms with Gasteiger partial charge in [0.1, 0.15) is 11.3 Å². The number of halogens is 1. The van der Waals surface area contributed by atoms with Gasteiger partial charge in [0, 0.05) is 30.3 Å². The van der Waals surface area contributed by atoms with Gasteiger partial charge in [0.15, 0.2) is 5.65 Å². The summed E-state index contributed by atoms with van der Waals surface area (Å²) in [5, 5.41) is 7.07. The van der Waals surface area contributed by atoms with Crippen molar-refractivity contribution in [2.45, 2.75) is 6.54 Å². The maximum Gasteiger partial charge on any atom is 0.350 e. The lowest BCUT2D eigenvalue weighted by Gasteiger charge is -2.09. The summed E-state index contributed by atoms with van der Waals surface area (Å²) in [6.07, 6.45) is 4.54. The van der Waals surface area contributed by atoms with Crippen molar-refractivity contribution in [1.29, 1.82) is 0 Å². The standard InChI is InChI=1S/C22H15FN6O2/c23-15-11-17(20-18(12-15)24-7-8-25-20)21(30)26-16-5-3-4-14(10-16)13-29-22(31)28-9-2-1-6-19(28)27-29/h1-12H,13H2,(H,26,30). The van der Waals surface area contributed by atoms with Crippen molar-refractivity contribution in [2.24, 2.45) is 0 Å². The molecule has 0 aliphatic rings. The van der Waals surface area contributed by atoms with E-state index < -0.39 is 11.7 Å². The number of fused-ring (bicyclic) bond motifs is 2. The Balaban J connectivity index is 1.43. The molecule has 0 fully saturated rings. The third kappa shape index (κ3) is 3.52. The van der Waals surface area contributed by atoms with Crippen molar-refractivity contribution in [2.75, 3.05) is 5.32 Å². The molecule has 1 N–H and O–H groups in total. The first-order valence-electron chi connectivity index (χ1n) is 9.43. The second-order valence-electron chi connectivity index (χ2n) is 6.90. The number of aromatic nitrogens is 5. The number of carbonyl (C=O) groups excluding carboxylic acids is 1. The fourth-order valence-electron chi connectivity index (χ4n) is 3.40. The average Bonchev–Trinajstić information content (AvgIpc) is 3.09. The van der Waals surface area contributed by atoms with Crippen LogP contribution in [0.4, 0.5) is 10.1 Å². The zero-order valence-corrected chi connectivity index (χ0v) is 16.1. The Bertz CT molecular complexity index is 1510. The zero-order valence-electron chi connectivity index (χ0n) is 16.1. The Morgan fingerprint density at radius 2 is 1.90 bits per heavy atom. The second kappa shape index (κ2) is 7.45. The molecule has 0 aliphatic carbocycles. The van der Waals surface area contributed by atoms with Crippen LogP contribution in [0.3, 0.4) is 0 Å². The van der Waals surface area contributed by atoms with Gasteiger partial charge < -0.3 is 5.32 Å². The Labute approximate surface area is 174 Å². The van der Waals surface area contributed by atoms with Gasteiger partial charge in [-0.2, -0.15) is 0 Å². The SMILES string of the molecule is O=C(Nc1cccc(Cn2nc3ccccn3c2=O)c1)c1cc(F)cc2nccnc12. The smallest absolute Gasteiger partial charge is 0.322 e. The second-order valence-corrected chi connectivity index (χ2v) is 6.90. The van der Waals surface area contributed by atoms with E-state index in [1.165, 1.54) is 27.5 Å². The molecule has 0 radical (unpaired) electrons. The quantitative estimate of drug-likeness (QED) is 0.488. The number of nitrogens with one attached hydrogen (secondary N) is 1. The van der Waals surface area contributed by atoms with Crippen LogP contribution in [-0.2, 0) is 6.54 Å². The van der Waals surface area contributed by atoms with Crippen molar-refractivity contribution >= 4 is 28.3 Å². The van der Waals surface area contributed by atoms with Crippen molar-refractivity contribution in [3.63, 3.8) is 0 Å². The van der Waals surface area contributed by atoms with Gasteiger partial charge in [-0.1, -0.05) is 18.2 Å². The van der Waals surface area contributed by atoms with Gasteiger partial charge in [-0.25, -0.2) is 13.9 Å². The molecule has 3 heterocycles. The molecule has 0 bridgehead atoms. The van der Waals surface area contributed by atoms with E-state index in [1.54, 1.807) is 36.5 Å². The first-order valence-corrected chi connectivity index (χ1v) is 9.43. The van der Waals surface area contributed by atoms with Crippen LogP contribution in [0, 0.1) is 5.82 Å². The van der Waals surface area contributed by atoms with Crippen molar-refractivity contribution in [1.82, 2.24) is 24.1 Å². The summed E-state index contributed by atoms with van der Waals surface area (Å²) in [4.78, 5) is 33.5. The van der Waals surface area contributed by atoms with E-state index >= 15 is 0 Å². The molecule has 3 aromatic heterocycles. The molecule has 5 rings (SSSR count). The minimum absolute atomic E-state index is 0.0880. The molecule has 152 valence electrons. The number of hydrogen-bond donors (Lipinski definition) is 1. The van der Waals surface area contributed by atoms with E-state index in [0.717, 1.165) is 11.6 Å². The first kappa shape index (κ1) is 18.6. The molecule has 5 aromatic rings. The Kier molecular flexibility index (Phi) is 4.47. The van der Waals surface area contributed by atoms with Crippen LogP contribution >= 0.6 is 0 Å². The minimum Gasteiger partial charge on any atom is -0.322 e. The van der Waals surface area contributed by atoms with Crippen molar-refractivity contribution < 1.29 is 9.18 Å². The summed E-state index contributed by atoms with van der Waals surface area (Å²) in [7, 11) is 0. The van der Waals surface area contributed by atoms with Gasteiger partial charge in [-0.05, 0) is 35.9 Å². The lowest BCUT2D eigenvalue weighted by Crippen LogP contribution is -2.21. The van der Waals surface area contributed by atoms with Gasteiger partial charge in [0.05, 0.1) is 17.6 Å². The summed E-state index contributed by atoms with van der Waals surface area (Å²) in [5.74, 6) is -1.08. The summed E-state index contributed by atoms with van der Waals surface area (Å²) in [6.45, 7) is 0.235. The van der Waals surface area contributed by atoms with Crippen LogP contribution in [-0.4, -0.2) is 30.1 Å². The molecule has 0 unspecified atom stereocenters. The van der Waals surface area contributed by atoms with E-state index in [9.17, 15) is 14.0 Å². The van der Waals surface area contributed by atoms with Gasteiger partial charge in [-0.3, -0.25) is 19.2 Å². The third-order valence-electron chi connectivity index (χ3n) is 4.79. The Morgan fingerprint density at radius 1 is 1.03 bits per heavy atom. The first-order chi connectivity index (χ1) is 15.1. The third-order valence-corrected chi connectivity index (χ3v) is 4.79. The van der Waals surface area contributed by atoms with E-state index in [-0.39, 0.29) is 17.8 Å². The van der Waals surface area contributed by atoms with Gasteiger partial charge >= 0.3 is 5.69 Å². The Morgan fingerprint density at radius 3 is 2.77 bits per heavy atom. The van der Waals surface area contributed by atoms with Crippen LogP contribution in [0.5, 0.6) is 0 Å². The van der Waals surface area contributed by atoms with E-state index in [2.05, 4.69) is 20.4 Å². The fourth-order valence-corrected chi connectivity index (χ4v) is 3.40. The number of pyridine rings is 1. The van der Waals surface area contributed by atoms with Crippen LogP contribution in [0.15, 0.2) is 78.0 Å².